The molecule has 0 radical (unpaired) electrons. The van der Waals surface area contributed by atoms with Crippen molar-refractivity contribution in [3.05, 3.63) is 59.3 Å². The van der Waals surface area contributed by atoms with Crippen LogP contribution >= 0.6 is 0 Å². The number of fused-ring (bicyclic) bond motifs is 1. The Balaban J connectivity index is 1.81. The van der Waals surface area contributed by atoms with Gasteiger partial charge in [0.05, 0.1) is 17.3 Å². The number of hydrogen-bond donors (Lipinski definition) is 3. The molecule has 1 amide bonds. The second kappa shape index (κ2) is 9.27. The van der Waals surface area contributed by atoms with E-state index in [1.165, 1.54) is 10.6 Å². The highest BCUT2D eigenvalue weighted by molar-refractivity contribution is 7.88. The third-order valence-electron chi connectivity index (χ3n) is 6.37. The molecule has 4 N–H and O–H groups in total. The molecule has 0 saturated heterocycles. The van der Waals surface area contributed by atoms with Crippen molar-refractivity contribution in [1.82, 2.24) is 9.29 Å². The van der Waals surface area contributed by atoms with Gasteiger partial charge in [-0.25, -0.2) is 8.42 Å². The van der Waals surface area contributed by atoms with Gasteiger partial charge < -0.3 is 16.0 Å². The molecular formula is C26H32N4O3S. The predicted octanol–water partition coefficient (Wildman–Crippen LogP) is 4.36. The molecule has 3 aromatic rings. The standard InChI is InChI=1S/C26H32N4O3S/c1-16(2)15-28-23-7-5-6-19(17(23)3)20-8-9-21(26(27)31)25-22(20)14-24(29-25)18-10-12-30(13-11-18)34(4,32)33/h5-10,14,16,28-29H,11-13,15H2,1-4H3,(H2,27,31). The van der Waals surface area contributed by atoms with E-state index in [0.717, 1.165) is 45.6 Å². The van der Waals surface area contributed by atoms with Crippen LogP contribution in [0.2, 0.25) is 0 Å². The van der Waals surface area contributed by atoms with E-state index in [-0.39, 0.29) is 0 Å². The Labute approximate surface area is 201 Å². The first-order valence-electron chi connectivity index (χ1n) is 11.5. The number of aromatic nitrogens is 1. The average Bonchev–Trinajstić information content (AvgIpc) is 3.22. The Bertz CT molecular complexity index is 1390. The van der Waals surface area contributed by atoms with Crippen molar-refractivity contribution in [2.24, 2.45) is 11.7 Å². The molecule has 0 bridgehead atoms. The molecular weight excluding hydrogens is 448 g/mol. The molecule has 0 aliphatic carbocycles. The minimum atomic E-state index is -3.22. The number of rotatable bonds is 7. The highest BCUT2D eigenvalue weighted by Gasteiger charge is 2.22. The largest absolute Gasteiger partial charge is 0.385 e. The molecule has 1 aromatic heterocycles. The van der Waals surface area contributed by atoms with Crippen molar-refractivity contribution in [2.45, 2.75) is 27.2 Å². The van der Waals surface area contributed by atoms with Gasteiger partial charge >= 0.3 is 0 Å². The zero-order valence-corrected chi connectivity index (χ0v) is 20.9. The molecule has 1 aliphatic heterocycles. The van der Waals surface area contributed by atoms with Gasteiger partial charge in [0.1, 0.15) is 0 Å². The molecule has 34 heavy (non-hydrogen) atoms. The summed E-state index contributed by atoms with van der Waals surface area (Å²) in [4.78, 5) is 15.6. The van der Waals surface area contributed by atoms with Crippen molar-refractivity contribution >= 4 is 38.1 Å². The summed E-state index contributed by atoms with van der Waals surface area (Å²) in [6.45, 7) is 8.10. The Kier molecular flexibility index (Phi) is 6.55. The number of benzene rings is 2. The summed E-state index contributed by atoms with van der Waals surface area (Å²) in [5.41, 5.74) is 13.1. The lowest BCUT2D eigenvalue weighted by Crippen LogP contribution is -2.33. The summed E-state index contributed by atoms with van der Waals surface area (Å²) >= 11 is 0. The van der Waals surface area contributed by atoms with E-state index in [2.05, 4.69) is 43.2 Å². The van der Waals surface area contributed by atoms with Crippen LogP contribution in [0.1, 0.15) is 41.9 Å². The number of hydrogen-bond acceptors (Lipinski definition) is 4. The first-order chi connectivity index (χ1) is 16.1. The lowest BCUT2D eigenvalue weighted by atomic mass is 9.94. The van der Waals surface area contributed by atoms with E-state index < -0.39 is 15.9 Å². The lowest BCUT2D eigenvalue weighted by molar-refractivity contribution is 0.100. The smallest absolute Gasteiger partial charge is 0.250 e. The van der Waals surface area contributed by atoms with Crippen molar-refractivity contribution in [3.63, 3.8) is 0 Å². The summed E-state index contributed by atoms with van der Waals surface area (Å²) in [7, 11) is -3.22. The maximum Gasteiger partial charge on any atom is 0.250 e. The number of carbonyl (C=O) groups is 1. The number of H-pyrrole nitrogens is 1. The molecule has 7 nitrogen and oxygen atoms in total. The Morgan fingerprint density at radius 2 is 1.97 bits per heavy atom. The molecule has 4 rings (SSSR count). The summed E-state index contributed by atoms with van der Waals surface area (Å²) < 4.78 is 25.2. The van der Waals surface area contributed by atoms with Crippen LogP contribution in [0.25, 0.3) is 27.6 Å². The van der Waals surface area contributed by atoms with Gasteiger partial charge in [0, 0.05) is 36.4 Å². The van der Waals surface area contributed by atoms with Crippen LogP contribution in [0.4, 0.5) is 5.69 Å². The Hall–Kier alpha value is -3.10. The van der Waals surface area contributed by atoms with Crippen LogP contribution in [-0.2, 0) is 10.0 Å². The number of aromatic amines is 1. The minimum absolute atomic E-state index is 0.335. The monoisotopic (exact) mass is 480 g/mol. The molecule has 1 aliphatic rings. The van der Waals surface area contributed by atoms with E-state index in [0.29, 0.717) is 36.5 Å². The van der Waals surface area contributed by atoms with Crippen LogP contribution in [0.3, 0.4) is 0 Å². The van der Waals surface area contributed by atoms with Gasteiger partial charge in [-0.15, -0.1) is 0 Å². The highest BCUT2D eigenvalue weighted by Crippen LogP contribution is 2.37. The van der Waals surface area contributed by atoms with E-state index in [1.807, 2.05) is 24.3 Å². The van der Waals surface area contributed by atoms with Gasteiger partial charge in [-0.05, 0) is 59.7 Å². The molecule has 2 aromatic carbocycles. The molecule has 0 atom stereocenters. The minimum Gasteiger partial charge on any atom is -0.385 e. The first kappa shape index (κ1) is 24.0. The number of nitrogens with two attached hydrogens (primary N) is 1. The fraction of sp³-hybridized carbons (Fsp3) is 0.346. The molecule has 8 heteroatoms. The summed E-state index contributed by atoms with van der Waals surface area (Å²) in [6, 6.07) is 12.0. The van der Waals surface area contributed by atoms with Crippen molar-refractivity contribution in [1.29, 1.82) is 0 Å². The SMILES string of the molecule is Cc1c(NCC(C)C)cccc1-c1ccc(C(N)=O)c2[nH]c(C3=CCN(S(C)(=O)=O)CC3)cc12. The van der Waals surface area contributed by atoms with Gasteiger partial charge in [-0.3, -0.25) is 4.79 Å². The second-order valence-electron chi connectivity index (χ2n) is 9.35. The van der Waals surface area contributed by atoms with Crippen molar-refractivity contribution in [2.75, 3.05) is 31.2 Å². The second-order valence-corrected chi connectivity index (χ2v) is 11.3. The lowest BCUT2D eigenvalue weighted by Gasteiger charge is -2.23. The number of anilines is 1. The normalized spacial score (nSPS) is 15.0. The number of sulfonamides is 1. The fourth-order valence-corrected chi connectivity index (χ4v) is 5.23. The van der Waals surface area contributed by atoms with Crippen LogP contribution in [0.5, 0.6) is 0 Å². The van der Waals surface area contributed by atoms with E-state index in [9.17, 15) is 13.2 Å². The Morgan fingerprint density at radius 1 is 1.21 bits per heavy atom. The van der Waals surface area contributed by atoms with E-state index in [1.54, 1.807) is 6.07 Å². The quantitative estimate of drug-likeness (QED) is 0.467. The number of amides is 1. The topological polar surface area (TPSA) is 108 Å². The predicted molar refractivity (Wildman–Crippen MR) is 139 cm³/mol. The third kappa shape index (κ3) is 4.74. The maximum atomic E-state index is 12.2. The van der Waals surface area contributed by atoms with Crippen LogP contribution < -0.4 is 11.1 Å². The zero-order valence-electron chi connectivity index (χ0n) is 20.1. The van der Waals surface area contributed by atoms with Crippen LogP contribution in [-0.4, -0.2) is 49.5 Å². The highest BCUT2D eigenvalue weighted by atomic mass is 32.2. The molecule has 180 valence electrons. The number of nitrogens with zero attached hydrogens (tertiary/aromatic N) is 1. The number of carbonyl (C=O) groups excluding carboxylic acids is 1. The number of primary amides is 1. The van der Waals surface area contributed by atoms with Crippen molar-refractivity contribution in [3.8, 4) is 11.1 Å². The number of nitrogens with one attached hydrogen (secondary N) is 2. The molecule has 0 unspecified atom stereocenters. The first-order valence-corrected chi connectivity index (χ1v) is 13.3. The maximum absolute atomic E-state index is 12.2. The van der Waals surface area contributed by atoms with E-state index in [4.69, 9.17) is 5.73 Å². The third-order valence-corrected chi connectivity index (χ3v) is 7.64. The average molecular weight is 481 g/mol. The van der Waals surface area contributed by atoms with E-state index >= 15 is 0 Å². The van der Waals surface area contributed by atoms with Gasteiger partial charge in [0.25, 0.3) is 5.91 Å². The summed E-state index contributed by atoms with van der Waals surface area (Å²) in [5, 5.41) is 4.45. The molecule has 0 spiro atoms. The zero-order chi connectivity index (χ0) is 24.6. The summed E-state index contributed by atoms with van der Waals surface area (Å²) in [5.74, 6) is 0.0362. The van der Waals surface area contributed by atoms with Gasteiger partial charge in [0.2, 0.25) is 10.0 Å². The Morgan fingerprint density at radius 3 is 2.59 bits per heavy atom. The van der Waals surface area contributed by atoms with Crippen LogP contribution in [0.15, 0.2) is 42.5 Å². The fourth-order valence-electron chi connectivity index (χ4n) is 4.46. The van der Waals surface area contributed by atoms with Crippen molar-refractivity contribution < 1.29 is 13.2 Å². The molecule has 2 heterocycles. The van der Waals surface area contributed by atoms with Crippen LogP contribution in [0, 0.1) is 12.8 Å². The molecule has 0 fully saturated rings. The van der Waals surface area contributed by atoms with Gasteiger partial charge in [0.15, 0.2) is 0 Å². The summed E-state index contributed by atoms with van der Waals surface area (Å²) in [6.07, 6.45) is 3.75. The van der Waals surface area contributed by atoms with Gasteiger partial charge in [-0.2, -0.15) is 4.31 Å². The molecule has 0 saturated carbocycles. The van der Waals surface area contributed by atoms with Gasteiger partial charge in [-0.1, -0.05) is 38.1 Å².